The Morgan fingerprint density at radius 3 is 1.07 bits per heavy atom. The summed E-state index contributed by atoms with van der Waals surface area (Å²) < 4.78 is 1.52. The monoisotopic (exact) mass is 825 g/mol. The zero-order valence-corrected chi connectivity index (χ0v) is 39.4. The second kappa shape index (κ2) is 38.2. The number of hydrogen-bond donors (Lipinski definition) is 0. The van der Waals surface area contributed by atoms with Gasteiger partial charge in [-0.1, -0.05) is 207 Å². The molecule has 0 radical (unpaired) electrons. The van der Waals surface area contributed by atoms with Crippen molar-refractivity contribution in [3.63, 3.8) is 0 Å². The van der Waals surface area contributed by atoms with Crippen LogP contribution in [0.4, 0.5) is 0 Å². The molecule has 0 spiro atoms. The molecule has 3 heteroatoms. The first-order chi connectivity index (χ1) is 27.5. The summed E-state index contributed by atoms with van der Waals surface area (Å²) in [4.78, 5) is 0. The summed E-state index contributed by atoms with van der Waals surface area (Å²) in [6, 6.07) is 17.4. The zero-order chi connectivity index (χ0) is 41.1. The minimum absolute atomic E-state index is 0. The van der Waals surface area contributed by atoms with Crippen LogP contribution in [0, 0.1) is 13.8 Å². The van der Waals surface area contributed by atoms with Gasteiger partial charge in [-0.15, -0.1) is 0 Å². The van der Waals surface area contributed by atoms with Gasteiger partial charge in [0.1, 0.15) is 0 Å². The predicted molar refractivity (Wildman–Crippen MR) is 252 cm³/mol. The average Bonchev–Trinajstić information content (AvgIpc) is 3.51. The predicted octanol–water partition coefficient (Wildman–Crippen LogP) is 18.6. The zero-order valence-electron chi connectivity index (χ0n) is 38.5. The number of allylic oxidation sites excluding steroid dienone is 2. The van der Waals surface area contributed by atoms with Gasteiger partial charge in [-0.3, -0.25) is 0 Å². The minimum atomic E-state index is 0. The van der Waals surface area contributed by atoms with Gasteiger partial charge in [0.15, 0.2) is 0 Å². The maximum absolute atomic E-state index is 11.6. The number of hydrogen-bond acceptors (Lipinski definition) is 0. The standard InChI is InChI=1S/C30H40N2.2C12H25.Ni/c1-5-9-11-12-20-28-27(19-10-6-2)29(25-17-13-15-23(7-3)21-25)32(31)30(28)26-18-14-16-24(8-4)22-26;2*1-3-5-7-9-11-12-10-8-6-4-2;/h13-18,21-22H,5-12,19-20H2,1-4H3;2*1,3-12H2,2H3;/q;2*-1;+2. The van der Waals surface area contributed by atoms with Crippen molar-refractivity contribution in [2.24, 2.45) is 0 Å². The molecule has 1 aliphatic heterocycles. The normalized spacial score (nSPS) is 12.3. The molecule has 3 rings (SSSR count). The number of benzene rings is 2. The van der Waals surface area contributed by atoms with Crippen LogP contribution >= 0.6 is 0 Å². The Morgan fingerprint density at radius 1 is 0.421 bits per heavy atom. The van der Waals surface area contributed by atoms with Crippen LogP contribution in [0.2, 0.25) is 0 Å². The molecule has 2 nitrogen and oxygen atoms in total. The van der Waals surface area contributed by atoms with Crippen LogP contribution in [-0.2, 0) is 29.3 Å². The Morgan fingerprint density at radius 2 is 0.737 bits per heavy atom. The second-order valence-corrected chi connectivity index (χ2v) is 16.4. The molecule has 1 heterocycles. The molecule has 0 N–H and O–H groups in total. The van der Waals surface area contributed by atoms with E-state index in [4.69, 9.17) is 0 Å². The fraction of sp³-hybridized carbons (Fsp3) is 0.667. The van der Waals surface area contributed by atoms with E-state index in [9.17, 15) is 5.53 Å². The molecule has 2 aromatic carbocycles. The Hall–Kier alpha value is -1.99. The molecule has 0 aliphatic carbocycles. The van der Waals surface area contributed by atoms with Crippen LogP contribution in [0.25, 0.3) is 16.9 Å². The molecular formula is C54H90N2Ni. The van der Waals surface area contributed by atoms with E-state index < -0.39 is 0 Å². The van der Waals surface area contributed by atoms with Crippen molar-refractivity contribution in [1.82, 2.24) is 0 Å². The fourth-order valence-electron chi connectivity index (χ4n) is 7.72. The van der Waals surface area contributed by atoms with E-state index in [1.807, 2.05) is 0 Å². The van der Waals surface area contributed by atoms with Crippen LogP contribution in [0.1, 0.15) is 244 Å². The molecule has 0 fully saturated rings. The smallest absolute Gasteiger partial charge is 0.493 e. The van der Waals surface area contributed by atoms with Gasteiger partial charge in [0.05, 0.1) is 0 Å². The van der Waals surface area contributed by atoms with E-state index in [-0.39, 0.29) is 16.5 Å². The molecule has 1 aliphatic rings. The summed E-state index contributed by atoms with van der Waals surface area (Å²) in [6.45, 7) is 21.1. The van der Waals surface area contributed by atoms with E-state index >= 15 is 0 Å². The van der Waals surface area contributed by atoms with Gasteiger partial charge in [-0.25, -0.2) is 4.70 Å². The molecule has 0 saturated heterocycles. The van der Waals surface area contributed by atoms with Crippen molar-refractivity contribution < 1.29 is 21.2 Å². The van der Waals surface area contributed by atoms with Crippen molar-refractivity contribution in [1.29, 1.82) is 0 Å². The van der Waals surface area contributed by atoms with E-state index in [1.54, 1.807) is 0 Å². The van der Waals surface area contributed by atoms with Gasteiger partial charge in [0, 0.05) is 22.3 Å². The molecule has 0 bridgehead atoms. The number of rotatable bonds is 30. The summed E-state index contributed by atoms with van der Waals surface area (Å²) in [5, 5.41) is 0. The van der Waals surface area contributed by atoms with Crippen LogP contribution < -0.4 is 0 Å². The SMILES string of the molecule is CCCCCCC1=C(c2cccc(CC)c2)[N+](=[N-])C(c2cccc(CC)c2)=C1CCCC.[CH2-]CCCCCCCCCCC.[CH2-]CCCCCCCCCCC.[Ni+2]. The molecule has 2 aromatic rings. The van der Waals surface area contributed by atoms with Crippen molar-refractivity contribution in [3.05, 3.63) is 101 Å². The molecule has 57 heavy (non-hydrogen) atoms. The summed E-state index contributed by atoms with van der Waals surface area (Å²) >= 11 is 0. The van der Waals surface area contributed by atoms with Gasteiger partial charge in [0.25, 0.3) is 0 Å². The average molecular weight is 826 g/mol. The third-order valence-corrected chi connectivity index (χ3v) is 11.3. The molecule has 0 atom stereocenters. The number of nitrogens with zero attached hydrogens (tertiary/aromatic N) is 2. The summed E-state index contributed by atoms with van der Waals surface area (Å²) in [5.74, 6) is 0. The van der Waals surface area contributed by atoms with Gasteiger partial charge in [0.2, 0.25) is 11.4 Å². The Bertz CT molecular complexity index is 1280. The molecule has 326 valence electrons. The quantitative estimate of drug-likeness (QED) is 0.0325. The summed E-state index contributed by atoms with van der Waals surface area (Å²) in [6.07, 6.45) is 39.0. The maximum Gasteiger partial charge on any atom is 2.00 e. The fourth-order valence-corrected chi connectivity index (χ4v) is 7.72. The molecule has 0 aromatic heterocycles. The van der Waals surface area contributed by atoms with Crippen molar-refractivity contribution in [3.8, 4) is 0 Å². The van der Waals surface area contributed by atoms with Gasteiger partial charge in [-0.2, -0.15) is 12.8 Å². The van der Waals surface area contributed by atoms with Crippen molar-refractivity contribution in [2.45, 2.75) is 234 Å². The second-order valence-electron chi connectivity index (χ2n) is 16.4. The minimum Gasteiger partial charge on any atom is -0.493 e. The van der Waals surface area contributed by atoms with E-state index in [2.05, 4.69) is 104 Å². The molecule has 0 unspecified atom stereocenters. The Labute approximate surface area is 366 Å². The van der Waals surface area contributed by atoms with Gasteiger partial charge in [-0.05, 0) is 73.9 Å². The number of aryl methyl sites for hydroxylation is 2. The van der Waals surface area contributed by atoms with Crippen molar-refractivity contribution >= 4 is 11.4 Å². The van der Waals surface area contributed by atoms with Crippen LogP contribution in [0.3, 0.4) is 0 Å². The van der Waals surface area contributed by atoms with Crippen LogP contribution in [0.5, 0.6) is 0 Å². The summed E-state index contributed by atoms with van der Waals surface area (Å²) in [7, 11) is 0. The van der Waals surface area contributed by atoms with E-state index in [0.29, 0.717) is 0 Å². The van der Waals surface area contributed by atoms with Crippen LogP contribution in [-0.4, -0.2) is 4.70 Å². The largest absolute Gasteiger partial charge is 2.00 e. The first-order valence-corrected chi connectivity index (χ1v) is 24.2. The third kappa shape index (κ3) is 24.0. The van der Waals surface area contributed by atoms with Crippen molar-refractivity contribution in [2.75, 3.05) is 0 Å². The van der Waals surface area contributed by atoms with E-state index in [0.717, 1.165) is 73.9 Å². The first kappa shape index (κ1) is 55.0. The van der Waals surface area contributed by atoms with Crippen LogP contribution in [0.15, 0.2) is 59.7 Å². The van der Waals surface area contributed by atoms with Gasteiger partial charge < -0.3 is 19.4 Å². The number of unbranched alkanes of at least 4 members (excludes halogenated alkanes) is 22. The molecule has 0 saturated carbocycles. The molecule has 0 amide bonds. The molecular weight excluding hydrogens is 735 g/mol. The topological polar surface area (TPSA) is 25.3 Å². The Kier molecular flexibility index (Phi) is 36.9. The summed E-state index contributed by atoms with van der Waals surface area (Å²) in [5.41, 5.74) is 21.2. The maximum atomic E-state index is 11.6. The third-order valence-electron chi connectivity index (χ3n) is 11.3. The van der Waals surface area contributed by atoms with E-state index in [1.165, 1.54) is 168 Å². The Balaban J connectivity index is 0.00000104. The first-order valence-electron chi connectivity index (χ1n) is 24.2. The van der Waals surface area contributed by atoms with Gasteiger partial charge >= 0.3 is 16.5 Å².